The zero-order valence-electron chi connectivity index (χ0n) is 13.3. The van der Waals surface area contributed by atoms with Gasteiger partial charge in [0.15, 0.2) is 5.13 Å². The Balaban J connectivity index is 2.03. The van der Waals surface area contributed by atoms with E-state index in [-0.39, 0.29) is 11.3 Å². The molecule has 0 unspecified atom stereocenters. The van der Waals surface area contributed by atoms with Gasteiger partial charge in [0.25, 0.3) is 5.91 Å². The maximum Gasteiger partial charge on any atom is 0.265 e. The lowest BCUT2D eigenvalue weighted by molar-refractivity contribution is 0.0944. The van der Waals surface area contributed by atoms with Crippen molar-refractivity contribution in [1.82, 2.24) is 15.2 Å². The van der Waals surface area contributed by atoms with Crippen molar-refractivity contribution < 1.29 is 4.79 Å². The number of nitrogens with one attached hydrogen (secondary N) is 1. The molecule has 0 aliphatic carbocycles. The van der Waals surface area contributed by atoms with Gasteiger partial charge in [0.2, 0.25) is 0 Å². The Morgan fingerprint density at radius 2 is 1.95 bits per heavy atom. The van der Waals surface area contributed by atoms with E-state index in [4.69, 9.17) is 5.73 Å². The summed E-state index contributed by atoms with van der Waals surface area (Å²) >= 11 is 1.39. The summed E-state index contributed by atoms with van der Waals surface area (Å²) in [6.45, 7) is 10.7. The summed E-state index contributed by atoms with van der Waals surface area (Å²) in [5, 5.41) is 3.78. The van der Waals surface area contributed by atoms with Crippen molar-refractivity contribution in [3.05, 3.63) is 4.88 Å². The highest BCUT2D eigenvalue weighted by Gasteiger charge is 2.22. The van der Waals surface area contributed by atoms with Crippen LogP contribution in [0.25, 0.3) is 0 Å². The molecule has 0 radical (unpaired) electrons. The van der Waals surface area contributed by atoms with E-state index in [0.717, 1.165) is 31.3 Å². The molecule has 6 nitrogen and oxygen atoms in total. The SMILES string of the molecule is CN1CCN(c2nc(N)c(C(=O)NCC(C)(C)C)s2)CC1. The third-order valence-corrected chi connectivity index (χ3v) is 4.53. The van der Waals surface area contributed by atoms with Crippen LogP contribution in [0.15, 0.2) is 0 Å². The topological polar surface area (TPSA) is 74.5 Å². The summed E-state index contributed by atoms with van der Waals surface area (Å²) in [5.41, 5.74) is 5.97. The van der Waals surface area contributed by atoms with Crippen molar-refractivity contribution >= 4 is 28.2 Å². The fraction of sp³-hybridized carbons (Fsp3) is 0.714. The molecular weight excluding hydrogens is 286 g/mol. The van der Waals surface area contributed by atoms with Crippen LogP contribution in [0.3, 0.4) is 0 Å². The number of rotatable bonds is 3. The molecule has 3 N–H and O–H groups in total. The Morgan fingerprint density at radius 1 is 1.33 bits per heavy atom. The lowest BCUT2D eigenvalue weighted by Crippen LogP contribution is -2.44. The number of hydrogen-bond acceptors (Lipinski definition) is 6. The number of hydrogen-bond donors (Lipinski definition) is 2. The van der Waals surface area contributed by atoms with Crippen LogP contribution in [0, 0.1) is 5.41 Å². The lowest BCUT2D eigenvalue weighted by Gasteiger charge is -2.31. The van der Waals surface area contributed by atoms with Crippen LogP contribution >= 0.6 is 11.3 Å². The van der Waals surface area contributed by atoms with Crippen molar-refractivity contribution in [2.24, 2.45) is 5.41 Å². The van der Waals surface area contributed by atoms with Gasteiger partial charge in [0.1, 0.15) is 10.7 Å². The minimum atomic E-state index is -0.125. The second kappa shape index (κ2) is 6.19. The highest BCUT2D eigenvalue weighted by molar-refractivity contribution is 7.18. The number of nitrogens with zero attached hydrogens (tertiary/aromatic N) is 3. The summed E-state index contributed by atoms with van der Waals surface area (Å²) < 4.78 is 0. The molecular formula is C14H25N5OS. The minimum Gasteiger partial charge on any atom is -0.382 e. The number of aromatic nitrogens is 1. The van der Waals surface area contributed by atoms with E-state index in [1.807, 2.05) is 0 Å². The molecule has 118 valence electrons. The van der Waals surface area contributed by atoms with Gasteiger partial charge in [-0.3, -0.25) is 4.79 Å². The van der Waals surface area contributed by atoms with E-state index in [1.165, 1.54) is 11.3 Å². The van der Waals surface area contributed by atoms with Crippen molar-refractivity contribution in [3.63, 3.8) is 0 Å². The molecule has 7 heteroatoms. The van der Waals surface area contributed by atoms with Crippen LogP contribution in [0.1, 0.15) is 30.4 Å². The lowest BCUT2D eigenvalue weighted by atomic mass is 9.97. The van der Waals surface area contributed by atoms with Crippen molar-refractivity contribution in [1.29, 1.82) is 0 Å². The molecule has 2 rings (SSSR count). The van der Waals surface area contributed by atoms with E-state index in [2.05, 4.69) is 47.9 Å². The predicted octanol–water partition coefficient (Wildman–Crippen LogP) is 1.25. The van der Waals surface area contributed by atoms with Gasteiger partial charge in [-0.15, -0.1) is 0 Å². The Hall–Kier alpha value is -1.34. The fourth-order valence-corrected chi connectivity index (χ4v) is 2.99. The fourth-order valence-electron chi connectivity index (χ4n) is 2.04. The molecule has 21 heavy (non-hydrogen) atoms. The zero-order valence-corrected chi connectivity index (χ0v) is 14.1. The minimum absolute atomic E-state index is 0.0510. The monoisotopic (exact) mass is 311 g/mol. The van der Waals surface area contributed by atoms with E-state index < -0.39 is 0 Å². The summed E-state index contributed by atoms with van der Waals surface area (Å²) in [5.74, 6) is 0.209. The number of amides is 1. The van der Waals surface area contributed by atoms with E-state index >= 15 is 0 Å². The number of nitrogen functional groups attached to an aromatic ring is 1. The van der Waals surface area contributed by atoms with E-state index in [0.29, 0.717) is 17.2 Å². The number of anilines is 2. The van der Waals surface area contributed by atoms with Crippen molar-refractivity contribution in [3.8, 4) is 0 Å². The average molecular weight is 311 g/mol. The second-order valence-corrected chi connectivity index (χ2v) is 7.72. The predicted molar refractivity (Wildman–Crippen MR) is 88.0 cm³/mol. The molecule has 0 saturated carbocycles. The second-order valence-electron chi connectivity index (χ2n) is 6.74. The van der Waals surface area contributed by atoms with Crippen LogP contribution in [0.5, 0.6) is 0 Å². The summed E-state index contributed by atoms with van der Waals surface area (Å²) in [7, 11) is 2.11. The number of likely N-dealkylation sites (N-methyl/N-ethyl adjacent to an activating group) is 1. The largest absolute Gasteiger partial charge is 0.382 e. The van der Waals surface area contributed by atoms with Gasteiger partial charge in [-0.05, 0) is 12.5 Å². The molecule has 0 bridgehead atoms. The third-order valence-electron chi connectivity index (χ3n) is 3.40. The maximum atomic E-state index is 12.2. The van der Waals surface area contributed by atoms with Crippen LogP contribution < -0.4 is 16.0 Å². The van der Waals surface area contributed by atoms with Crippen molar-refractivity contribution in [2.45, 2.75) is 20.8 Å². The van der Waals surface area contributed by atoms with Gasteiger partial charge in [-0.25, -0.2) is 4.98 Å². The number of carbonyl (C=O) groups is 1. The molecule has 1 saturated heterocycles. The Morgan fingerprint density at radius 3 is 2.52 bits per heavy atom. The molecule has 1 aliphatic rings. The normalized spacial score (nSPS) is 17.0. The zero-order chi connectivity index (χ0) is 15.6. The smallest absolute Gasteiger partial charge is 0.265 e. The van der Waals surface area contributed by atoms with Gasteiger partial charge in [0.05, 0.1) is 0 Å². The van der Waals surface area contributed by atoms with E-state index in [1.54, 1.807) is 0 Å². The van der Waals surface area contributed by atoms with Crippen molar-refractivity contribution in [2.75, 3.05) is 50.4 Å². The maximum absolute atomic E-state index is 12.2. The molecule has 2 heterocycles. The number of nitrogens with two attached hydrogens (primary N) is 1. The average Bonchev–Trinajstić information content (AvgIpc) is 2.78. The van der Waals surface area contributed by atoms with E-state index in [9.17, 15) is 4.79 Å². The van der Waals surface area contributed by atoms with Gasteiger partial charge in [0, 0.05) is 32.7 Å². The van der Waals surface area contributed by atoms with Gasteiger partial charge < -0.3 is 20.9 Å². The van der Waals surface area contributed by atoms with Crippen LogP contribution in [-0.4, -0.2) is 55.6 Å². The Bertz CT molecular complexity index is 500. The summed E-state index contributed by atoms with van der Waals surface area (Å²) in [4.78, 5) is 21.6. The van der Waals surface area contributed by atoms with Gasteiger partial charge >= 0.3 is 0 Å². The molecule has 1 aliphatic heterocycles. The highest BCUT2D eigenvalue weighted by atomic mass is 32.1. The molecule has 1 fully saturated rings. The number of piperazine rings is 1. The first-order valence-electron chi connectivity index (χ1n) is 7.24. The Kier molecular flexibility index (Phi) is 4.73. The quantitative estimate of drug-likeness (QED) is 0.879. The van der Waals surface area contributed by atoms with Crippen LogP contribution in [-0.2, 0) is 0 Å². The summed E-state index contributed by atoms with van der Waals surface area (Å²) in [6.07, 6.45) is 0. The molecule has 0 atom stereocenters. The molecule has 0 spiro atoms. The molecule has 0 aromatic carbocycles. The number of carbonyl (C=O) groups excluding carboxylic acids is 1. The molecule has 1 amide bonds. The standard InChI is InChI=1S/C14H25N5OS/c1-14(2,3)9-16-12(20)10-11(15)17-13(21-10)19-7-5-18(4)6-8-19/h5-9,15H2,1-4H3,(H,16,20). The van der Waals surface area contributed by atoms with Crippen LogP contribution in [0.2, 0.25) is 0 Å². The summed E-state index contributed by atoms with van der Waals surface area (Å²) in [6, 6.07) is 0. The Labute approximate surface area is 130 Å². The molecule has 1 aromatic heterocycles. The van der Waals surface area contributed by atoms with Crippen LogP contribution in [0.4, 0.5) is 10.9 Å². The highest BCUT2D eigenvalue weighted by Crippen LogP contribution is 2.28. The number of thiazole rings is 1. The molecule has 1 aromatic rings. The van der Waals surface area contributed by atoms with Gasteiger partial charge in [-0.1, -0.05) is 32.1 Å². The first-order valence-corrected chi connectivity index (χ1v) is 8.06. The first-order chi connectivity index (χ1) is 9.76. The first kappa shape index (κ1) is 16.0. The van der Waals surface area contributed by atoms with Gasteiger partial charge in [-0.2, -0.15) is 0 Å². The third kappa shape index (κ3) is 4.31.